The highest BCUT2D eigenvalue weighted by molar-refractivity contribution is 5.69. The first kappa shape index (κ1) is 13.4. The number of pyridine rings is 1. The van der Waals surface area contributed by atoms with E-state index in [1.54, 1.807) is 0 Å². The molecule has 3 nitrogen and oxygen atoms in total. The Morgan fingerprint density at radius 1 is 1.12 bits per heavy atom. The van der Waals surface area contributed by atoms with Gasteiger partial charge in [-0.2, -0.15) is 4.57 Å². The lowest BCUT2D eigenvalue weighted by Crippen LogP contribution is -3.00. The number of nitrogens with zero attached hydrogens (tertiary/aromatic N) is 1. The van der Waals surface area contributed by atoms with E-state index < -0.39 is 0 Å². The molecule has 2 rings (SSSR count). The van der Waals surface area contributed by atoms with Crippen molar-refractivity contribution in [2.24, 2.45) is 0 Å². The van der Waals surface area contributed by atoms with Crippen LogP contribution in [0.2, 0.25) is 0 Å². The number of carbonyl (C=O) groups excluding carboxylic acids is 1. The first-order chi connectivity index (χ1) is 7.88. The largest absolute Gasteiger partial charge is 1.00 e. The van der Waals surface area contributed by atoms with Gasteiger partial charge in [0.2, 0.25) is 6.41 Å². The third-order valence-electron chi connectivity index (χ3n) is 2.29. The topological polar surface area (TPSA) is 33.0 Å². The van der Waals surface area contributed by atoms with Crippen molar-refractivity contribution in [3.05, 3.63) is 60.4 Å². The van der Waals surface area contributed by atoms with Crippen LogP contribution in [-0.2, 0) is 11.3 Å². The number of hydrogen-bond acceptors (Lipinski definition) is 1. The van der Waals surface area contributed by atoms with Crippen LogP contribution in [0.3, 0.4) is 0 Å². The van der Waals surface area contributed by atoms with Gasteiger partial charge in [0.05, 0.1) is 0 Å². The molecule has 0 aliphatic rings. The van der Waals surface area contributed by atoms with Gasteiger partial charge in [0.15, 0.2) is 18.9 Å². The van der Waals surface area contributed by atoms with Crippen molar-refractivity contribution in [2.75, 3.05) is 5.32 Å². The van der Waals surface area contributed by atoms with Gasteiger partial charge >= 0.3 is 0 Å². The van der Waals surface area contributed by atoms with Crippen LogP contribution >= 0.6 is 0 Å². The molecule has 2 aromatic rings. The summed E-state index contributed by atoms with van der Waals surface area (Å²) in [4.78, 5) is 10.3. The lowest BCUT2D eigenvalue weighted by Gasteiger charge is -1.99. The molecule has 88 valence electrons. The Morgan fingerprint density at radius 3 is 2.59 bits per heavy atom. The van der Waals surface area contributed by atoms with E-state index in [0.717, 1.165) is 12.2 Å². The normalized spacial score (nSPS) is 9.18. The van der Waals surface area contributed by atoms with E-state index in [2.05, 4.69) is 17.4 Å². The molecule has 0 radical (unpaired) electrons. The zero-order valence-corrected chi connectivity index (χ0v) is 10.8. The predicted molar refractivity (Wildman–Crippen MR) is 61.9 cm³/mol. The summed E-state index contributed by atoms with van der Waals surface area (Å²) in [6, 6.07) is 14.0. The fourth-order valence-electron chi connectivity index (χ4n) is 1.57. The Hall–Kier alpha value is -1.68. The number of halogens is 1. The van der Waals surface area contributed by atoms with Crippen molar-refractivity contribution in [2.45, 2.75) is 6.54 Å². The van der Waals surface area contributed by atoms with Crippen LogP contribution < -0.4 is 26.9 Å². The first-order valence-electron chi connectivity index (χ1n) is 5.12. The van der Waals surface area contributed by atoms with Gasteiger partial charge < -0.3 is 22.3 Å². The molecule has 1 aromatic heterocycles. The second-order valence-corrected chi connectivity index (χ2v) is 3.51. The van der Waals surface area contributed by atoms with E-state index in [4.69, 9.17) is 0 Å². The second-order valence-electron chi connectivity index (χ2n) is 3.51. The van der Waals surface area contributed by atoms with Gasteiger partial charge in [0.25, 0.3) is 0 Å². The molecule has 0 saturated carbocycles. The van der Waals surface area contributed by atoms with Crippen LogP contribution in [0.5, 0.6) is 0 Å². The molecule has 1 heterocycles. The second kappa shape index (κ2) is 6.81. The average Bonchev–Trinajstić information content (AvgIpc) is 2.31. The minimum Gasteiger partial charge on any atom is -1.00 e. The lowest BCUT2D eigenvalue weighted by molar-refractivity contribution is -0.687. The zero-order chi connectivity index (χ0) is 11.2. The fraction of sp³-hybridized carbons (Fsp3) is 0.0769. The number of aromatic nitrogens is 1. The molecule has 0 aliphatic heterocycles. The molecule has 4 heteroatoms. The van der Waals surface area contributed by atoms with Crippen LogP contribution in [0.25, 0.3) is 0 Å². The lowest BCUT2D eigenvalue weighted by atomic mass is 10.2. The third-order valence-corrected chi connectivity index (χ3v) is 2.29. The van der Waals surface area contributed by atoms with Crippen molar-refractivity contribution in [3.63, 3.8) is 0 Å². The first-order valence-corrected chi connectivity index (χ1v) is 5.12. The summed E-state index contributed by atoms with van der Waals surface area (Å²) >= 11 is 0. The van der Waals surface area contributed by atoms with Gasteiger partial charge in [0.1, 0.15) is 5.69 Å². The van der Waals surface area contributed by atoms with Gasteiger partial charge in [-0.05, 0) is 6.07 Å². The van der Waals surface area contributed by atoms with E-state index in [1.165, 1.54) is 5.56 Å². The molecule has 0 atom stereocenters. The average molecular weight is 293 g/mol. The van der Waals surface area contributed by atoms with Gasteiger partial charge in [-0.15, -0.1) is 0 Å². The highest BCUT2D eigenvalue weighted by Crippen LogP contribution is 2.02. The summed E-state index contributed by atoms with van der Waals surface area (Å²) < 4.78 is 2.03. The molecule has 0 spiro atoms. The number of rotatable bonds is 4. The van der Waals surface area contributed by atoms with Gasteiger partial charge in [0, 0.05) is 11.6 Å². The molecule has 1 N–H and O–H groups in total. The van der Waals surface area contributed by atoms with E-state index in [1.807, 2.05) is 47.3 Å². The van der Waals surface area contributed by atoms with E-state index >= 15 is 0 Å². The summed E-state index contributed by atoms with van der Waals surface area (Å²) in [6.45, 7) is 0.801. The number of amides is 1. The highest BCUT2D eigenvalue weighted by atomic mass is 79.9. The maximum atomic E-state index is 10.3. The molecular weight excluding hydrogens is 280 g/mol. The smallest absolute Gasteiger partial charge is 0.211 e. The minimum absolute atomic E-state index is 0. The monoisotopic (exact) mass is 292 g/mol. The Morgan fingerprint density at radius 2 is 1.88 bits per heavy atom. The maximum absolute atomic E-state index is 10.3. The molecule has 0 fully saturated rings. The van der Waals surface area contributed by atoms with Crippen LogP contribution in [0.4, 0.5) is 5.69 Å². The number of anilines is 1. The van der Waals surface area contributed by atoms with Crippen molar-refractivity contribution >= 4 is 12.1 Å². The van der Waals surface area contributed by atoms with Crippen molar-refractivity contribution in [1.29, 1.82) is 0 Å². The Kier molecular flexibility index (Phi) is 5.36. The standard InChI is InChI=1S/C13H12N2O.BrH/c16-11-14-13-7-4-8-15(10-13)9-12-5-2-1-3-6-12;/h1-8,10-11H,9H2;1H. The number of hydrogen-bond donors (Lipinski definition) is 1. The molecule has 1 amide bonds. The maximum Gasteiger partial charge on any atom is 0.211 e. The van der Waals surface area contributed by atoms with Crippen LogP contribution in [0.1, 0.15) is 5.56 Å². The van der Waals surface area contributed by atoms with Crippen molar-refractivity contribution < 1.29 is 26.3 Å². The predicted octanol–water partition coefficient (Wildman–Crippen LogP) is -1.41. The number of nitrogens with one attached hydrogen (secondary N) is 1. The van der Waals surface area contributed by atoms with Gasteiger partial charge in [-0.1, -0.05) is 30.3 Å². The third kappa shape index (κ3) is 4.00. The molecule has 0 saturated heterocycles. The number of benzene rings is 1. The summed E-state index contributed by atoms with van der Waals surface area (Å²) in [5.41, 5.74) is 2.03. The molecule has 17 heavy (non-hydrogen) atoms. The van der Waals surface area contributed by atoms with Gasteiger partial charge in [-0.25, -0.2) is 0 Å². The molecule has 1 aromatic carbocycles. The summed E-state index contributed by atoms with van der Waals surface area (Å²) in [6.07, 6.45) is 4.56. The Bertz CT molecular complexity index is 474. The molecular formula is C13H13BrN2O. The van der Waals surface area contributed by atoms with Crippen LogP contribution in [0.15, 0.2) is 54.9 Å². The summed E-state index contributed by atoms with van der Waals surface area (Å²) in [7, 11) is 0. The SMILES string of the molecule is O=CNc1ccc[n+](Cc2ccccc2)c1.[Br-]. The van der Waals surface area contributed by atoms with Crippen LogP contribution in [-0.4, -0.2) is 6.41 Å². The van der Waals surface area contributed by atoms with Crippen molar-refractivity contribution in [1.82, 2.24) is 0 Å². The fourth-order valence-corrected chi connectivity index (χ4v) is 1.57. The zero-order valence-electron chi connectivity index (χ0n) is 9.21. The van der Waals surface area contributed by atoms with Crippen molar-refractivity contribution in [3.8, 4) is 0 Å². The molecule has 0 unspecified atom stereocenters. The highest BCUT2D eigenvalue weighted by Gasteiger charge is 2.02. The van der Waals surface area contributed by atoms with E-state index in [0.29, 0.717) is 6.41 Å². The quantitative estimate of drug-likeness (QED) is 0.546. The van der Waals surface area contributed by atoms with Gasteiger partial charge in [-0.3, -0.25) is 4.79 Å². The van der Waals surface area contributed by atoms with E-state index in [9.17, 15) is 4.79 Å². The summed E-state index contributed by atoms with van der Waals surface area (Å²) in [5, 5.41) is 2.63. The minimum atomic E-state index is 0. The molecule has 0 aliphatic carbocycles. The number of carbonyl (C=O) groups is 1. The van der Waals surface area contributed by atoms with E-state index in [-0.39, 0.29) is 17.0 Å². The summed E-state index contributed by atoms with van der Waals surface area (Å²) in [5.74, 6) is 0. The van der Waals surface area contributed by atoms with Crippen LogP contribution in [0, 0.1) is 0 Å². The Balaban J connectivity index is 0.00000144. The Labute approximate surface area is 111 Å². The molecule has 0 bridgehead atoms.